The van der Waals surface area contributed by atoms with Crippen molar-refractivity contribution in [2.75, 3.05) is 10.6 Å². The Kier molecular flexibility index (Phi) is 7.73. The molecule has 0 bridgehead atoms. The van der Waals surface area contributed by atoms with Crippen LogP contribution in [0.4, 0.5) is 11.4 Å². The summed E-state index contributed by atoms with van der Waals surface area (Å²) in [6, 6.07) is 10.4. The normalized spacial score (nSPS) is 15.2. The topological polar surface area (TPSA) is 110 Å². The predicted octanol–water partition coefficient (Wildman–Crippen LogP) is 4.29. The molecule has 1 aliphatic rings. The number of fused-ring (bicyclic) bond motifs is 1. The number of carbonyl (C=O) groups excluding carboxylic acids is 1. The summed E-state index contributed by atoms with van der Waals surface area (Å²) in [6.45, 7) is 3.69. The van der Waals surface area contributed by atoms with Gasteiger partial charge in [0.05, 0.1) is 22.9 Å². The number of anilines is 1. The minimum absolute atomic E-state index is 0.0931. The Morgan fingerprint density at radius 2 is 1.79 bits per heavy atom. The van der Waals surface area contributed by atoms with Gasteiger partial charge in [0, 0.05) is 12.1 Å². The highest BCUT2D eigenvalue weighted by molar-refractivity contribution is 7.92. The molecule has 8 nitrogen and oxygen atoms in total. The van der Waals surface area contributed by atoms with E-state index in [0.29, 0.717) is 6.42 Å². The van der Waals surface area contributed by atoms with Gasteiger partial charge in [-0.05, 0) is 61.3 Å². The summed E-state index contributed by atoms with van der Waals surface area (Å²) in [5.74, 6) is -0.431. The van der Waals surface area contributed by atoms with E-state index in [4.69, 9.17) is 0 Å². The van der Waals surface area contributed by atoms with E-state index in [9.17, 15) is 23.3 Å². The van der Waals surface area contributed by atoms with E-state index in [2.05, 4.69) is 17.4 Å². The summed E-state index contributed by atoms with van der Waals surface area (Å²) in [4.78, 5) is 23.9. The van der Waals surface area contributed by atoms with Crippen molar-refractivity contribution in [3.05, 3.63) is 69.3 Å². The average Bonchev–Trinajstić information content (AvgIpc) is 2.79. The molecule has 9 heteroatoms. The lowest BCUT2D eigenvalue weighted by atomic mass is 9.88. The van der Waals surface area contributed by atoms with E-state index >= 15 is 0 Å². The molecule has 1 aliphatic carbocycles. The number of hydrogen-bond acceptors (Lipinski definition) is 5. The van der Waals surface area contributed by atoms with Gasteiger partial charge in [0.25, 0.3) is 5.69 Å². The third kappa shape index (κ3) is 5.71. The smallest absolute Gasteiger partial charge is 0.271 e. The Balaban J connectivity index is 1.90. The molecule has 0 fully saturated rings. The molecule has 0 heterocycles. The zero-order chi connectivity index (χ0) is 24.2. The van der Waals surface area contributed by atoms with Gasteiger partial charge in [-0.2, -0.15) is 0 Å². The highest BCUT2D eigenvalue weighted by Gasteiger charge is 2.33. The summed E-state index contributed by atoms with van der Waals surface area (Å²) in [6.07, 6.45) is 6.31. The van der Waals surface area contributed by atoms with Gasteiger partial charge in [-0.1, -0.05) is 38.1 Å². The molecule has 2 atom stereocenters. The SMILES string of the molecule is CC[C@H](C(=O)N[C@H](CC)c1ccc2c(c1)CCCC2)N(c1cccc([N+](=O)[O-])c1)S(C)(=O)=O. The molecule has 0 saturated heterocycles. The predicted molar refractivity (Wildman–Crippen MR) is 129 cm³/mol. The number of nitrogens with zero attached hydrogens (tertiary/aromatic N) is 2. The van der Waals surface area contributed by atoms with Crippen molar-refractivity contribution < 1.29 is 18.1 Å². The first kappa shape index (κ1) is 24.7. The van der Waals surface area contributed by atoms with Crippen LogP contribution in [0.15, 0.2) is 42.5 Å². The van der Waals surface area contributed by atoms with Gasteiger partial charge >= 0.3 is 0 Å². The summed E-state index contributed by atoms with van der Waals surface area (Å²) in [7, 11) is -3.89. The quantitative estimate of drug-likeness (QED) is 0.432. The first-order chi connectivity index (χ1) is 15.7. The maximum atomic E-state index is 13.3. The summed E-state index contributed by atoms with van der Waals surface area (Å²) in [5.41, 5.74) is 3.52. The zero-order valence-corrected chi connectivity index (χ0v) is 20.1. The minimum atomic E-state index is -3.89. The molecule has 2 aromatic carbocycles. The average molecular weight is 474 g/mol. The lowest BCUT2D eigenvalue weighted by molar-refractivity contribution is -0.384. The number of nitrogens with one attached hydrogen (secondary N) is 1. The van der Waals surface area contributed by atoms with Gasteiger partial charge in [0.1, 0.15) is 6.04 Å². The number of amides is 1. The van der Waals surface area contributed by atoms with E-state index in [1.807, 2.05) is 13.0 Å². The van der Waals surface area contributed by atoms with Crippen LogP contribution in [-0.2, 0) is 27.7 Å². The van der Waals surface area contributed by atoms with Crippen molar-refractivity contribution in [3.63, 3.8) is 0 Å². The van der Waals surface area contributed by atoms with Crippen LogP contribution in [-0.4, -0.2) is 31.5 Å². The fourth-order valence-electron chi connectivity index (χ4n) is 4.46. The third-order valence-corrected chi connectivity index (χ3v) is 7.30. The van der Waals surface area contributed by atoms with Crippen LogP contribution < -0.4 is 9.62 Å². The molecule has 0 aromatic heterocycles. The molecule has 1 N–H and O–H groups in total. The van der Waals surface area contributed by atoms with Gasteiger partial charge in [0.15, 0.2) is 0 Å². The van der Waals surface area contributed by atoms with Crippen molar-refractivity contribution in [2.24, 2.45) is 0 Å². The van der Waals surface area contributed by atoms with E-state index < -0.39 is 26.9 Å². The first-order valence-corrected chi connectivity index (χ1v) is 13.2. The van der Waals surface area contributed by atoms with Gasteiger partial charge in [0.2, 0.25) is 15.9 Å². The van der Waals surface area contributed by atoms with Crippen molar-refractivity contribution >= 4 is 27.3 Å². The largest absolute Gasteiger partial charge is 0.347 e. The Hall–Kier alpha value is -2.94. The van der Waals surface area contributed by atoms with Crippen LogP contribution in [0.2, 0.25) is 0 Å². The van der Waals surface area contributed by atoms with Crippen LogP contribution >= 0.6 is 0 Å². The number of rotatable bonds is 9. The minimum Gasteiger partial charge on any atom is -0.347 e. The van der Waals surface area contributed by atoms with Crippen LogP contribution in [0.5, 0.6) is 0 Å². The van der Waals surface area contributed by atoms with Gasteiger partial charge in [-0.25, -0.2) is 8.42 Å². The Labute approximate surface area is 195 Å². The van der Waals surface area contributed by atoms with Crippen molar-refractivity contribution in [1.82, 2.24) is 5.32 Å². The molecular formula is C24H31N3O5S. The van der Waals surface area contributed by atoms with E-state index in [-0.39, 0.29) is 23.8 Å². The Morgan fingerprint density at radius 3 is 2.39 bits per heavy atom. The molecule has 3 rings (SSSR count). The molecule has 0 aliphatic heterocycles. The molecule has 33 heavy (non-hydrogen) atoms. The standard InChI is InChI=1S/C24H31N3O5S/c1-4-22(19-14-13-17-9-6-7-10-18(17)15-19)25-24(28)23(5-2)26(33(3,31)32)20-11-8-12-21(16-20)27(29)30/h8,11-16,22-23H,4-7,9-10H2,1-3H3,(H,25,28)/t22-,23-/m1/s1. The lowest BCUT2D eigenvalue weighted by Crippen LogP contribution is -2.50. The molecule has 0 unspecified atom stereocenters. The Bertz CT molecular complexity index is 1130. The molecule has 2 aromatic rings. The fourth-order valence-corrected chi connectivity index (χ4v) is 5.67. The van der Waals surface area contributed by atoms with Crippen molar-refractivity contribution in [1.29, 1.82) is 0 Å². The lowest BCUT2D eigenvalue weighted by Gasteiger charge is -2.31. The second-order valence-corrected chi connectivity index (χ2v) is 10.3. The number of nitro benzene ring substituents is 1. The number of non-ortho nitro benzene ring substituents is 1. The summed E-state index contributed by atoms with van der Waals surface area (Å²) >= 11 is 0. The monoisotopic (exact) mass is 473 g/mol. The zero-order valence-electron chi connectivity index (χ0n) is 19.3. The molecule has 0 saturated carbocycles. The van der Waals surface area contributed by atoms with E-state index in [1.54, 1.807) is 6.92 Å². The maximum Gasteiger partial charge on any atom is 0.271 e. The summed E-state index contributed by atoms with van der Waals surface area (Å²) < 4.78 is 26.3. The van der Waals surface area contributed by atoms with Gasteiger partial charge in [-0.15, -0.1) is 0 Å². The van der Waals surface area contributed by atoms with Crippen LogP contribution in [0, 0.1) is 10.1 Å². The van der Waals surface area contributed by atoms with Gasteiger partial charge < -0.3 is 5.32 Å². The second-order valence-electron chi connectivity index (χ2n) is 8.46. The first-order valence-electron chi connectivity index (χ1n) is 11.3. The second kappa shape index (κ2) is 10.3. The summed E-state index contributed by atoms with van der Waals surface area (Å²) in [5, 5.41) is 14.2. The third-order valence-electron chi connectivity index (χ3n) is 6.12. The van der Waals surface area contributed by atoms with Crippen LogP contribution in [0.3, 0.4) is 0 Å². The molecule has 178 valence electrons. The van der Waals surface area contributed by atoms with Crippen LogP contribution in [0.1, 0.15) is 62.3 Å². The number of benzene rings is 2. The molecular weight excluding hydrogens is 442 g/mol. The molecule has 0 spiro atoms. The number of carbonyl (C=O) groups is 1. The van der Waals surface area contributed by atoms with E-state index in [1.165, 1.54) is 41.8 Å². The number of nitro groups is 1. The Morgan fingerprint density at radius 1 is 1.09 bits per heavy atom. The van der Waals surface area contributed by atoms with Crippen molar-refractivity contribution in [2.45, 2.75) is 64.5 Å². The maximum absolute atomic E-state index is 13.3. The number of sulfonamides is 1. The fraction of sp³-hybridized carbons (Fsp3) is 0.458. The van der Waals surface area contributed by atoms with Gasteiger partial charge in [-0.3, -0.25) is 19.2 Å². The number of hydrogen-bond donors (Lipinski definition) is 1. The molecule has 1 amide bonds. The van der Waals surface area contributed by atoms with Crippen LogP contribution in [0.25, 0.3) is 0 Å². The van der Waals surface area contributed by atoms with E-state index in [0.717, 1.165) is 35.4 Å². The highest BCUT2D eigenvalue weighted by Crippen LogP contribution is 2.29. The highest BCUT2D eigenvalue weighted by atomic mass is 32.2. The molecule has 0 radical (unpaired) electrons. The number of aryl methyl sites for hydroxylation is 2. The van der Waals surface area contributed by atoms with Crippen molar-refractivity contribution in [3.8, 4) is 0 Å².